The smallest absolute Gasteiger partial charge is 0.311 e. The Balaban J connectivity index is 1.29. The molecule has 5 atom stereocenters. The minimum atomic E-state index is -0.393. The molecule has 0 radical (unpaired) electrons. The van der Waals surface area contributed by atoms with E-state index in [9.17, 15) is 19.2 Å². The molecule has 1 aromatic carbocycles. The number of aromatic nitrogens is 1. The van der Waals surface area contributed by atoms with Crippen molar-refractivity contribution in [1.29, 1.82) is 0 Å². The van der Waals surface area contributed by atoms with Gasteiger partial charge >= 0.3 is 5.97 Å². The second kappa shape index (κ2) is 10.5. The lowest BCUT2D eigenvalue weighted by Gasteiger charge is -2.50. The predicted octanol–water partition coefficient (Wildman–Crippen LogP) is 5.41. The summed E-state index contributed by atoms with van der Waals surface area (Å²) in [6.07, 6.45) is 8.14. The van der Waals surface area contributed by atoms with Crippen LogP contribution in [-0.4, -0.2) is 28.9 Å². The van der Waals surface area contributed by atoms with Gasteiger partial charge in [-0.1, -0.05) is 13.0 Å². The monoisotopic (exact) mass is 522 g/mol. The first-order chi connectivity index (χ1) is 17.8. The largest absolute Gasteiger partial charge is 0.427 e. The maximum Gasteiger partial charge on any atom is 0.311 e. The second-order valence-corrected chi connectivity index (χ2v) is 12.3. The molecule has 196 valence electrons. The molecule has 2 fully saturated rings. The zero-order valence-electron chi connectivity index (χ0n) is 21.5. The number of hydrogen-bond donors (Lipinski definition) is 1. The number of amides is 1. The minimum Gasteiger partial charge on any atom is -0.427 e. The maximum atomic E-state index is 13.2. The summed E-state index contributed by atoms with van der Waals surface area (Å²) in [5.41, 5.74) is 2.21. The van der Waals surface area contributed by atoms with Crippen molar-refractivity contribution < 1.29 is 23.9 Å². The fraction of sp³-hybridized carbons (Fsp3) is 0.552. The van der Waals surface area contributed by atoms with E-state index in [4.69, 9.17) is 4.74 Å². The van der Waals surface area contributed by atoms with E-state index >= 15 is 0 Å². The van der Waals surface area contributed by atoms with E-state index in [1.807, 2.05) is 19.1 Å². The van der Waals surface area contributed by atoms with E-state index in [2.05, 4.69) is 23.3 Å². The normalized spacial score (nSPS) is 28.1. The van der Waals surface area contributed by atoms with Crippen molar-refractivity contribution in [3.05, 3.63) is 40.4 Å². The Morgan fingerprint density at radius 1 is 1.27 bits per heavy atom. The lowest BCUT2D eigenvalue weighted by Crippen LogP contribution is -2.44. The van der Waals surface area contributed by atoms with Crippen molar-refractivity contribution in [3.63, 3.8) is 0 Å². The van der Waals surface area contributed by atoms with Crippen LogP contribution in [0.4, 0.5) is 5.13 Å². The van der Waals surface area contributed by atoms with Gasteiger partial charge in [0.15, 0.2) is 5.13 Å². The predicted molar refractivity (Wildman–Crippen MR) is 141 cm³/mol. The average molecular weight is 523 g/mol. The molecule has 3 aliphatic carbocycles. The molecule has 1 aromatic heterocycles. The van der Waals surface area contributed by atoms with Crippen molar-refractivity contribution in [1.82, 2.24) is 4.98 Å². The van der Waals surface area contributed by atoms with E-state index < -0.39 is 5.97 Å². The number of benzene rings is 1. The molecule has 1 heterocycles. The quantitative estimate of drug-likeness (QED) is 0.283. The SMILES string of the molecule is Cc1cnc(NC(=O)CCC2CC(=O)C3(C)CCC4c5ccc(OC(=O)CCC=O)cc5CCC4C23)s1. The van der Waals surface area contributed by atoms with Gasteiger partial charge in [0.1, 0.15) is 17.8 Å². The number of hydrogen-bond acceptors (Lipinski definition) is 7. The summed E-state index contributed by atoms with van der Waals surface area (Å²) in [5, 5.41) is 3.54. The van der Waals surface area contributed by atoms with Crippen LogP contribution in [0, 0.1) is 30.1 Å². The molecule has 0 aliphatic heterocycles. The topological polar surface area (TPSA) is 102 Å². The van der Waals surface area contributed by atoms with Crippen molar-refractivity contribution in [2.45, 2.75) is 77.6 Å². The average Bonchev–Trinajstić information content (AvgIpc) is 3.40. The van der Waals surface area contributed by atoms with Gasteiger partial charge in [-0.05, 0) is 86.0 Å². The van der Waals surface area contributed by atoms with Gasteiger partial charge in [-0.25, -0.2) is 4.98 Å². The first-order valence-electron chi connectivity index (χ1n) is 13.3. The number of thiazole rings is 1. The number of aryl methyl sites for hydroxylation is 2. The zero-order chi connectivity index (χ0) is 26.2. The third kappa shape index (κ3) is 5.13. The van der Waals surface area contributed by atoms with Crippen LogP contribution in [0.25, 0.3) is 0 Å². The molecule has 0 spiro atoms. The van der Waals surface area contributed by atoms with Crippen LogP contribution in [0.3, 0.4) is 0 Å². The molecule has 5 rings (SSSR count). The van der Waals surface area contributed by atoms with Gasteiger partial charge in [0.05, 0.1) is 6.42 Å². The van der Waals surface area contributed by atoms with Gasteiger partial charge in [-0.15, -0.1) is 11.3 Å². The van der Waals surface area contributed by atoms with Crippen LogP contribution in [0.1, 0.15) is 80.2 Å². The lowest BCUT2D eigenvalue weighted by molar-refractivity contribution is -0.135. The number of carbonyl (C=O) groups excluding carboxylic acids is 4. The number of Topliss-reactive ketones (excluding diaryl/α,β-unsaturated/α-hetero) is 1. The summed E-state index contributed by atoms with van der Waals surface area (Å²) < 4.78 is 5.45. The fourth-order valence-electron chi connectivity index (χ4n) is 7.22. The molecule has 2 saturated carbocycles. The number of esters is 1. The number of carbonyl (C=O) groups is 4. The highest BCUT2D eigenvalue weighted by atomic mass is 32.1. The molecule has 1 amide bonds. The Bertz CT molecular complexity index is 1220. The van der Waals surface area contributed by atoms with Gasteiger partial charge in [-0.2, -0.15) is 0 Å². The second-order valence-electron chi connectivity index (χ2n) is 11.1. The molecule has 7 nitrogen and oxygen atoms in total. The van der Waals surface area contributed by atoms with Crippen LogP contribution >= 0.6 is 11.3 Å². The van der Waals surface area contributed by atoms with Crippen LogP contribution in [-0.2, 0) is 25.6 Å². The van der Waals surface area contributed by atoms with E-state index in [0.29, 0.717) is 47.8 Å². The number of ketones is 1. The number of nitrogens with zero attached hydrogens (tertiary/aromatic N) is 1. The molecule has 5 unspecified atom stereocenters. The van der Waals surface area contributed by atoms with Crippen LogP contribution in [0.15, 0.2) is 24.4 Å². The Hall–Kier alpha value is -2.87. The van der Waals surface area contributed by atoms with Crippen molar-refractivity contribution in [3.8, 4) is 5.75 Å². The summed E-state index contributed by atoms with van der Waals surface area (Å²) in [6, 6.07) is 5.92. The molecular formula is C29H34N2O5S. The molecule has 0 saturated heterocycles. The Morgan fingerprint density at radius 2 is 2.11 bits per heavy atom. The van der Waals surface area contributed by atoms with Crippen molar-refractivity contribution >= 4 is 40.4 Å². The summed E-state index contributed by atoms with van der Waals surface area (Å²) in [4.78, 5) is 53.6. The van der Waals surface area contributed by atoms with Crippen LogP contribution in [0.5, 0.6) is 5.75 Å². The third-order valence-electron chi connectivity index (χ3n) is 8.85. The molecular weight excluding hydrogens is 488 g/mol. The molecule has 2 aromatic rings. The summed E-state index contributed by atoms with van der Waals surface area (Å²) in [6.45, 7) is 4.12. The highest BCUT2D eigenvalue weighted by molar-refractivity contribution is 7.15. The number of fused-ring (bicyclic) bond motifs is 5. The standard InChI is InChI=1S/C29H34N2O5S/c1-17-16-30-28(37-17)31-25(34)10-6-19-15-24(33)29(2)12-11-22-21-9-7-20(36-26(35)4-3-13-32)14-18(21)5-8-23(22)27(19)29/h7,9,13-14,16,19,22-23,27H,3-6,8,10-12,15H2,1-2H3,(H,30,31,34). The Labute approximate surface area is 221 Å². The van der Waals surface area contributed by atoms with Gasteiger partial charge in [0.2, 0.25) is 5.91 Å². The fourth-order valence-corrected chi connectivity index (χ4v) is 7.90. The van der Waals surface area contributed by atoms with Crippen LogP contribution < -0.4 is 10.1 Å². The van der Waals surface area contributed by atoms with Crippen molar-refractivity contribution in [2.75, 3.05) is 5.32 Å². The van der Waals surface area contributed by atoms with Gasteiger partial charge < -0.3 is 14.8 Å². The van der Waals surface area contributed by atoms with Gasteiger partial charge in [-0.3, -0.25) is 14.4 Å². The number of aldehydes is 1. The maximum absolute atomic E-state index is 13.2. The first kappa shape index (κ1) is 25.8. The van der Waals surface area contributed by atoms with Gasteiger partial charge in [0.25, 0.3) is 0 Å². The highest BCUT2D eigenvalue weighted by Gasteiger charge is 2.58. The van der Waals surface area contributed by atoms with Gasteiger partial charge in [0, 0.05) is 35.8 Å². The minimum absolute atomic E-state index is 0.0352. The van der Waals surface area contributed by atoms with Crippen molar-refractivity contribution in [2.24, 2.45) is 23.2 Å². The Kier molecular flexibility index (Phi) is 7.30. The summed E-state index contributed by atoms with van der Waals surface area (Å²) in [7, 11) is 0. The molecule has 37 heavy (non-hydrogen) atoms. The first-order valence-corrected chi connectivity index (χ1v) is 14.1. The number of anilines is 1. The number of ether oxygens (including phenoxy) is 1. The number of nitrogens with one attached hydrogen (secondary N) is 1. The Morgan fingerprint density at radius 3 is 2.86 bits per heavy atom. The molecule has 0 bridgehead atoms. The summed E-state index contributed by atoms with van der Waals surface area (Å²) >= 11 is 1.47. The highest BCUT2D eigenvalue weighted by Crippen LogP contribution is 2.62. The summed E-state index contributed by atoms with van der Waals surface area (Å²) in [5.74, 6) is 1.75. The van der Waals surface area contributed by atoms with E-state index in [-0.39, 0.29) is 36.0 Å². The van der Waals surface area contributed by atoms with Crippen LogP contribution in [0.2, 0.25) is 0 Å². The zero-order valence-corrected chi connectivity index (χ0v) is 22.3. The molecule has 8 heteroatoms. The van der Waals surface area contributed by atoms with E-state index in [1.54, 1.807) is 6.20 Å². The molecule has 3 aliphatic rings. The van der Waals surface area contributed by atoms with E-state index in [1.165, 1.54) is 22.5 Å². The molecule has 1 N–H and O–H groups in total. The third-order valence-corrected chi connectivity index (χ3v) is 9.68. The van der Waals surface area contributed by atoms with E-state index in [0.717, 1.165) is 36.8 Å². The number of rotatable bonds is 8. The lowest BCUT2D eigenvalue weighted by atomic mass is 9.54.